The van der Waals surface area contributed by atoms with Crippen LogP contribution in [-0.4, -0.2) is 45.4 Å². The number of carbonyl (C=O) groups excluding carboxylic acids is 1. The Kier molecular flexibility index (Phi) is 5.08. The lowest BCUT2D eigenvalue weighted by Gasteiger charge is -2.47. The van der Waals surface area contributed by atoms with Crippen LogP contribution in [0.4, 0.5) is 8.78 Å². The van der Waals surface area contributed by atoms with Crippen molar-refractivity contribution in [3.05, 3.63) is 35.4 Å². The van der Waals surface area contributed by atoms with E-state index < -0.39 is 27.7 Å². The summed E-state index contributed by atoms with van der Waals surface area (Å²) >= 11 is 0. The fraction of sp³-hybridized carbons (Fsp3) is 0.562. The second-order valence-corrected chi connectivity index (χ2v) is 8.33. The van der Waals surface area contributed by atoms with Crippen LogP contribution in [0, 0.1) is 17.6 Å². The lowest BCUT2D eigenvalue weighted by Crippen LogP contribution is -2.70. The van der Waals surface area contributed by atoms with Crippen molar-refractivity contribution >= 4 is 15.9 Å². The van der Waals surface area contributed by atoms with E-state index in [2.05, 4.69) is 10.0 Å². The van der Waals surface area contributed by atoms with E-state index in [0.717, 1.165) is 24.8 Å². The van der Waals surface area contributed by atoms with Gasteiger partial charge < -0.3 is 10.1 Å². The number of rotatable bonds is 6. The number of sulfonamides is 1. The quantitative estimate of drug-likeness (QED) is 0.769. The Hall–Kier alpha value is -1.58. The molecule has 0 aromatic heterocycles. The first-order valence-electron chi connectivity index (χ1n) is 8.07. The molecule has 2 fully saturated rings. The standard InChI is InChI=1S/C16H20F2N2O4S/c1-25(22,23)20-15-14(10-6-7-24-16(10)15)19-13(21)5-3-9-2-4-11(17)12(18)8-9/h2,4,8,10,14-16,20H,3,5-7H2,1H3,(H,19,21)/t10-,14+,15-,16-/m1/s1. The molecule has 25 heavy (non-hydrogen) atoms. The molecule has 138 valence electrons. The largest absolute Gasteiger partial charge is 0.376 e. The molecule has 0 spiro atoms. The normalized spacial score (nSPS) is 28.3. The number of benzene rings is 1. The minimum absolute atomic E-state index is 0.0893. The Bertz CT molecular complexity index is 771. The first kappa shape index (κ1) is 18.2. The fourth-order valence-electron chi connectivity index (χ4n) is 3.50. The molecule has 0 unspecified atom stereocenters. The fourth-order valence-corrected chi connectivity index (χ4v) is 4.28. The molecule has 6 nitrogen and oxygen atoms in total. The Morgan fingerprint density at radius 1 is 1.28 bits per heavy atom. The molecular formula is C16H20F2N2O4S. The number of nitrogens with one attached hydrogen (secondary N) is 2. The van der Waals surface area contributed by atoms with Gasteiger partial charge in [0.15, 0.2) is 11.6 Å². The molecule has 1 saturated carbocycles. The van der Waals surface area contributed by atoms with Gasteiger partial charge in [-0.2, -0.15) is 0 Å². The summed E-state index contributed by atoms with van der Waals surface area (Å²) in [6.45, 7) is 0.540. The number of fused-ring (bicyclic) bond motifs is 1. The van der Waals surface area contributed by atoms with Crippen molar-refractivity contribution in [1.82, 2.24) is 10.0 Å². The summed E-state index contributed by atoms with van der Waals surface area (Å²) in [6, 6.07) is 2.74. The summed E-state index contributed by atoms with van der Waals surface area (Å²) in [4.78, 5) is 12.2. The zero-order chi connectivity index (χ0) is 18.2. The lowest BCUT2D eigenvalue weighted by atomic mass is 9.72. The van der Waals surface area contributed by atoms with Gasteiger partial charge in [-0.15, -0.1) is 0 Å². The van der Waals surface area contributed by atoms with Crippen molar-refractivity contribution in [3.8, 4) is 0 Å². The van der Waals surface area contributed by atoms with Crippen LogP contribution in [-0.2, 0) is 26.0 Å². The Balaban J connectivity index is 1.56. The molecule has 9 heteroatoms. The zero-order valence-corrected chi connectivity index (χ0v) is 14.5. The molecule has 1 amide bonds. The van der Waals surface area contributed by atoms with Crippen LogP contribution < -0.4 is 10.0 Å². The van der Waals surface area contributed by atoms with E-state index in [4.69, 9.17) is 4.74 Å². The van der Waals surface area contributed by atoms with Crippen LogP contribution in [0.15, 0.2) is 18.2 Å². The molecule has 4 atom stereocenters. The number of amides is 1. The van der Waals surface area contributed by atoms with Crippen molar-refractivity contribution in [2.75, 3.05) is 12.9 Å². The Morgan fingerprint density at radius 2 is 2.04 bits per heavy atom. The first-order valence-corrected chi connectivity index (χ1v) is 9.96. The van der Waals surface area contributed by atoms with E-state index in [1.807, 2.05) is 0 Å². The van der Waals surface area contributed by atoms with Gasteiger partial charge in [-0.3, -0.25) is 4.79 Å². The summed E-state index contributed by atoms with van der Waals surface area (Å²) in [7, 11) is -3.41. The van der Waals surface area contributed by atoms with Crippen LogP contribution in [0.25, 0.3) is 0 Å². The second kappa shape index (κ2) is 6.97. The van der Waals surface area contributed by atoms with Crippen LogP contribution in [0.1, 0.15) is 18.4 Å². The average Bonchev–Trinajstić information content (AvgIpc) is 2.96. The SMILES string of the molecule is CS(=O)(=O)N[C@@H]1[C@@H](NC(=O)CCc2ccc(F)c(F)c2)[C@H]2CCO[C@H]21. The van der Waals surface area contributed by atoms with Gasteiger partial charge in [0, 0.05) is 18.9 Å². The molecule has 1 heterocycles. The number of hydrogen-bond acceptors (Lipinski definition) is 4. The summed E-state index contributed by atoms with van der Waals surface area (Å²) in [5.41, 5.74) is 0.524. The molecule has 0 radical (unpaired) electrons. The highest BCUT2D eigenvalue weighted by molar-refractivity contribution is 7.88. The Labute approximate surface area is 145 Å². The second-order valence-electron chi connectivity index (χ2n) is 6.55. The predicted molar refractivity (Wildman–Crippen MR) is 86.2 cm³/mol. The third-order valence-electron chi connectivity index (χ3n) is 4.69. The molecule has 0 bridgehead atoms. The number of ether oxygens (including phenoxy) is 1. The number of carbonyl (C=O) groups is 1. The monoisotopic (exact) mass is 374 g/mol. The van der Waals surface area contributed by atoms with E-state index in [0.29, 0.717) is 12.2 Å². The zero-order valence-electron chi connectivity index (χ0n) is 13.7. The van der Waals surface area contributed by atoms with Gasteiger partial charge >= 0.3 is 0 Å². The molecule has 1 aromatic rings. The van der Waals surface area contributed by atoms with Crippen molar-refractivity contribution in [1.29, 1.82) is 0 Å². The van der Waals surface area contributed by atoms with E-state index in [1.54, 1.807) is 0 Å². The number of hydrogen-bond donors (Lipinski definition) is 2. The first-order chi connectivity index (χ1) is 11.7. The number of halogens is 2. The summed E-state index contributed by atoms with van der Waals surface area (Å²) < 4.78 is 57.1. The van der Waals surface area contributed by atoms with E-state index in [1.165, 1.54) is 6.07 Å². The molecule has 2 aliphatic rings. The van der Waals surface area contributed by atoms with Crippen molar-refractivity contribution in [2.24, 2.45) is 5.92 Å². The van der Waals surface area contributed by atoms with E-state index >= 15 is 0 Å². The van der Waals surface area contributed by atoms with Gasteiger partial charge in [0.25, 0.3) is 0 Å². The molecule has 1 aromatic carbocycles. The minimum Gasteiger partial charge on any atom is -0.376 e. The predicted octanol–water partition coefficient (Wildman–Crippen LogP) is 0.719. The van der Waals surface area contributed by atoms with Crippen LogP contribution in [0.3, 0.4) is 0 Å². The third-order valence-corrected chi connectivity index (χ3v) is 5.39. The third kappa shape index (κ3) is 4.16. The average molecular weight is 374 g/mol. The van der Waals surface area contributed by atoms with Gasteiger partial charge in [0.1, 0.15) is 0 Å². The highest BCUT2D eigenvalue weighted by Gasteiger charge is 2.55. The van der Waals surface area contributed by atoms with E-state index in [-0.39, 0.29) is 36.8 Å². The minimum atomic E-state index is -3.41. The molecule has 1 saturated heterocycles. The van der Waals surface area contributed by atoms with Crippen molar-refractivity contribution < 1.29 is 26.7 Å². The van der Waals surface area contributed by atoms with Crippen LogP contribution in [0.2, 0.25) is 0 Å². The summed E-state index contributed by atoms with van der Waals surface area (Å²) in [5, 5.41) is 2.84. The van der Waals surface area contributed by atoms with Gasteiger partial charge in [0.2, 0.25) is 15.9 Å². The molecule has 2 N–H and O–H groups in total. The van der Waals surface area contributed by atoms with Gasteiger partial charge in [-0.1, -0.05) is 6.07 Å². The number of aryl methyl sites for hydroxylation is 1. The van der Waals surface area contributed by atoms with Gasteiger partial charge in [-0.05, 0) is 30.5 Å². The highest BCUT2D eigenvalue weighted by Crippen LogP contribution is 2.39. The van der Waals surface area contributed by atoms with Crippen molar-refractivity contribution in [2.45, 2.75) is 37.5 Å². The maximum Gasteiger partial charge on any atom is 0.220 e. The molecule has 1 aliphatic carbocycles. The van der Waals surface area contributed by atoms with Gasteiger partial charge in [-0.25, -0.2) is 21.9 Å². The summed E-state index contributed by atoms with van der Waals surface area (Å²) in [6.07, 6.45) is 1.99. The van der Waals surface area contributed by atoms with Crippen LogP contribution in [0.5, 0.6) is 0 Å². The topological polar surface area (TPSA) is 84.5 Å². The molecule has 3 rings (SSSR count). The Morgan fingerprint density at radius 3 is 2.72 bits per heavy atom. The maximum absolute atomic E-state index is 13.2. The van der Waals surface area contributed by atoms with Gasteiger partial charge in [0.05, 0.1) is 24.4 Å². The lowest BCUT2D eigenvalue weighted by molar-refractivity contribution is -0.125. The van der Waals surface area contributed by atoms with Crippen LogP contribution >= 0.6 is 0 Å². The summed E-state index contributed by atoms with van der Waals surface area (Å²) in [5.74, 6) is -2.04. The van der Waals surface area contributed by atoms with E-state index in [9.17, 15) is 22.0 Å². The molecule has 1 aliphatic heterocycles. The van der Waals surface area contributed by atoms with Crippen molar-refractivity contribution in [3.63, 3.8) is 0 Å². The molecular weight excluding hydrogens is 354 g/mol. The smallest absolute Gasteiger partial charge is 0.220 e. The highest BCUT2D eigenvalue weighted by atomic mass is 32.2. The maximum atomic E-state index is 13.2.